The van der Waals surface area contributed by atoms with Crippen LogP contribution in [0.3, 0.4) is 0 Å². The van der Waals surface area contributed by atoms with Gasteiger partial charge in [-0.1, -0.05) is 12.2 Å². The van der Waals surface area contributed by atoms with Gasteiger partial charge in [-0.3, -0.25) is 4.79 Å². The van der Waals surface area contributed by atoms with Gasteiger partial charge in [0.15, 0.2) is 11.6 Å². The van der Waals surface area contributed by atoms with Gasteiger partial charge >= 0.3 is 5.97 Å². The average Bonchev–Trinajstić information content (AvgIpc) is 2.44. The van der Waals surface area contributed by atoms with E-state index in [1.807, 2.05) is 0 Å². The number of carboxylic acid groups (broad SMARTS) is 1. The van der Waals surface area contributed by atoms with Gasteiger partial charge < -0.3 is 10.4 Å². The van der Waals surface area contributed by atoms with Gasteiger partial charge in [-0.25, -0.2) is 13.6 Å². The molecule has 0 saturated carbocycles. The van der Waals surface area contributed by atoms with Crippen LogP contribution in [0, 0.1) is 11.6 Å². The lowest BCUT2D eigenvalue weighted by molar-refractivity contribution is -0.141. The van der Waals surface area contributed by atoms with Crippen LogP contribution in [0.1, 0.15) is 13.3 Å². The number of nitrogens with one attached hydrogen (secondary N) is 1. The summed E-state index contributed by atoms with van der Waals surface area (Å²) in [6.45, 7) is 1.75. The van der Waals surface area contributed by atoms with E-state index in [1.54, 1.807) is 19.1 Å². The molecule has 21 heavy (non-hydrogen) atoms. The van der Waals surface area contributed by atoms with Crippen LogP contribution in [0.2, 0.25) is 0 Å². The molecule has 2 N–H and O–H groups in total. The number of carbonyl (C=O) groups is 2. The van der Waals surface area contributed by atoms with E-state index < -0.39 is 29.6 Å². The van der Waals surface area contributed by atoms with Crippen molar-refractivity contribution >= 4 is 23.6 Å². The normalized spacial score (nSPS) is 12.3. The van der Waals surface area contributed by atoms with Crippen LogP contribution in [0.4, 0.5) is 8.78 Å². The second kappa shape index (κ2) is 8.41. The maximum atomic E-state index is 13.0. The fraction of sp³-hybridized carbons (Fsp3) is 0.286. The Balaban J connectivity index is 2.52. The van der Waals surface area contributed by atoms with Crippen molar-refractivity contribution in [3.8, 4) is 0 Å². The first kappa shape index (κ1) is 17.2. The summed E-state index contributed by atoms with van der Waals surface area (Å²) in [5, 5.41) is 11.3. The Labute approximate surface area is 125 Å². The summed E-state index contributed by atoms with van der Waals surface area (Å²) in [5.41, 5.74) is 0. The van der Waals surface area contributed by atoms with Crippen LogP contribution in [-0.2, 0) is 9.59 Å². The minimum Gasteiger partial charge on any atom is -0.480 e. The molecule has 0 radical (unpaired) electrons. The minimum atomic E-state index is -1.13. The van der Waals surface area contributed by atoms with Crippen molar-refractivity contribution < 1.29 is 23.5 Å². The van der Waals surface area contributed by atoms with Crippen LogP contribution in [0.15, 0.2) is 35.2 Å². The Kier molecular flexibility index (Phi) is 6.87. The zero-order chi connectivity index (χ0) is 15.8. The molecule has 1 aromatic carbocycles. The summed E-state index contributed by atoms with van der Waals surface area (Å²) in [4.78, 5) is 23.0. The lowest BCUT2D eigenvalue weighted by atomic mass is 10.2. The van der Waals surface area contributed by atoms with Gasteiger partial charge in [0.1, 0.15) is 6.04 Å². The molecule has 1 unspecified atom stereocenters. The third kappa shape index (κ3) is 5.95. The number of halogens is 2. The number of allylic oxidation sites excluding steroid dienone is 1. The zero-order valence-corrected chi connectivity index (χ0v) is 12.1. The number of carbonyl (C=O) groups excluding carboxylic acids is 1. The molecule has 0 saturated heterocycles. The number of hydrogen-bond donors (Lipinski definition) is 2. The molecule has 0 aliphatic rings. The zero-order valence-electron chi connectivity index (χ0n) is 11.3. The number of benzene rings is 1. The molecular formula is C14H15F2NO3S. The average molecular weight is 315 g/mol. The van der Waals surface area contributed by atoms with Gasteiger partial charge in [-0.15, -0.1) is 11.8 Å². The lowest BCUT2D eigenvalue weighted by Gasteiger charge is -2.12. The highest BCUT2D eigenvalue weighted by atomic mass is 32.2. The lowest BCUT2D eigenvalue weighted by Crippen LogP contribution is -2.41. The second-order valence-corrected chi connectivity index (χ2v) is 5.18. The van der Waals surface area contributed by atoms with Crippen molar-refractivity contribution in [2.75, 3.05) is 5.75 Å². The molecule has 0 aliphatic heterocycles. The van der Waals surface area contributed by atoms with E-state index in [1.165, 1.54) is 6.07 Å². The Morgan fingerprint density at radius 3 is 2.67 bits per heavy atom. The molecular weight excluding hydrogens is 300 g/mol. The van der Waals surface area contributed by atoms with Crippen molar-refractivity contribution in [1.82, 2.24) is 5.32 Å². The summed E-state index contributed by atoms with van der Waals surface area (Å²) >= 11 is 0.999. The Morgan fingerprint density at radius 1 is 1.38 bits per heavy atom. The minimum absolute atomic E-state index is 0.0787. The predicted molar refractivity (Wildman–Crippen MR) is 76.1 cm³/mol. The van der Waals surface area contributed by atoms with Crippen LogP contribution < -0.4 is 5.32 Å². The molecule has 0 spiro atoms. The molecule has 1 atom stereocenters. The first-order chi connectivity index (χ1) is 9.93. The predicted octanol–water partition coefficient (Wildman–Crippen LogP) is 2.59. The number of hydrogen-bond acceptors (Lipinski definition) is 3. The topological polar surface area (TPSA) is 66.4 Å². The van der Waals surface area contributed by atoms with Crippen molar-refractivity contribution in [1.29, 1.82) is 0 Å². The van der Waals surface area contributed by atoms with Crippen LogP contribution >= 0.6 is 11.8 Å². The van der Waals surface area contributed by atoms with E-state index in [0.29, 0.717) is 4.90 Å². The fourth-order valence-corrected chi connectivity index (χ4v) is 2.18. The van der Waals surface area contributed by atoms with Crippen LogP contribution in [0.25, 0.3) is 0 Å². The maximum absolute atomic E-state index is 13.0. The molecule has 0 bridgehead atoms. The molecule has 7 heteroatoms. The highest BCUT2D eigenvalue weighted by Crippen LogP contribution is 2.20. The standard InChI is InChI=1S/C14H15F2NO3S/c1-2-3-4-12(14(19)20)17-13(18)8-21-9-5-6-10(15)11(16)7-9/h2-3,5-7,12H,4,8H2,1H3,(H,17,18)(H,19,20)/b3-2+. The third-order valence-electron chi connectivity index (χ3n) is 2.50. The summed E-state index contributed by atoms with van der Waals surface area (Å²) in [5.74, 6) is -3.64. The molecule has 0 aliphatic carbocycles. The molecule has 0 heterocycles. The largest absolute Gasteiger partial charge is 0.480 e. The van der Waals surface area contributed by atoms with E-state index in [2.05, 4.69) is 5.32 Å². The number of aliphatic carboxylic acids is 1. The van der Waals surface area contributed by atoms with Crippen molar-refractivity contribution in [2.24, 2.45) is 0 Å². The highest BCUT2D eigenvalue weighted by Gasteiger charge is 2.18. The highest BCUT2D eigenvalue weighted by molar-refractivity contribution is 8.00. The summed E-state index contributed by atoms with van der Waals surface area (Å²) in [6, 6.07) is 2.31. The number of rotatable bonds is 7. The number of amides is 1. The molecule has 1 aromatic rings. The first-order valence-corrected chi connectivity index (χ1v) is 7.13. The molecule has 1 amide bonds. The molecule has 4 nitrogen and oxygen atoms in total. The Hall–Kier alpha value is -1.89. The van der Waals surface area contributed by atoms with Gasteiger partial charge in [0, 0.05) is 4.90 Å². The second-order valence-electron chi connectivity index (χ2n) is 4.13. The first-order valence-electron chi connectivity index (χ1n) is 6.15. The van der Waals surface area contributed by atoms with Crippen molar-refractivity contribution in [2.45, 2.75) is 24.3 Å². The van der Waals surface area contributed by atoms with E-state index in [9.17, 15) is 18.4 Å². The summed E-state index contributed by atoms with van der Waals surface area (Å²) in [7, 11) is 0. The van der Waals surface area contributed by atoms with Gasteiger partial charge in [0.25, 0.3) is 0 Å². The molecule has 0 fully saturated rings. The van der Waals surface area contributed by atoms with Crippen LogP contribution in [0.5, 0.6) is 0 Å². The fourth-order valence-electron chi connectivity index (χ4n) is 1.45. The van der Waals surface area contributed by atoms with Gasteiger partial charge in [0.05, 0.1) is 5.75 Å². The van der Waals surface area contributed by atoms with E-state index in [-0.39, 0.29) is 12.2 Å². The van der Waals surface area contributed by atoms with E-state index >= 15 is 0 Å². The quantitative estimate of drug-likeness (QED) is 0.599. The Morgan fingerprint density at radius 2 is 2.10 bits per heavy atom. The van der Waals surface area contributed by atoms with Crippen LogP contribution in [-0.4, -0.2) is 28.8 Å². The molecule has 1 rings (SSSR count). The smallest absolute Gasteiger partial charge is 0.326 e. The summed E-state index contributed by atoms with van der Waals surface area (Å²) in [6.07, 6.45) is 3.52. The maximum Gasteiger partial charge on any atom is 0.326 e. The molecule has 114 valence electrons. The van der Waals surface area contributed by atoms with Gasteiger partial charge in [-0.2, -0.15) is 0 Å². The SMILES string of the molecule is C/C=C/CC(NC(=O)CSc1ccc(F)c(F)c1)C(=O)O. The van der Waals surface area contributed by atoms with E-state index in [0.717, 1.165) is 23.9 Å². The van der Waals surface area contributed by atoms with Gasteiger partial charge in [0.2, 0.25) is 5.91 Å². The van der Waals surface area contributed by atoms with Crippen molar-refractivity contribution in [3.63, 3.8) is 0 Å². The number of carboxylic acids is 1. The Bertz CT molecular complexity index is 549. The summed E-state index contributed by atoms with van der Waals surface area (Å²) < 4.78 is 25.7. The number of thioether (sulfide) groups is 1. The van der Waals surface area contributed by atoms with Crippen molar-refractivity contribution in [3.05, 3.63) is 42.0 Å². The van der Waals surface area contributed by atoms with E-state index in [4.69, 9.17) is 5.11 Å². The third-order valence-corrected chi connectivity index (χ3v) is 3.50. The molecule has 0 aromatic heterocycles. The monoisotopic (exact) mass is 315 g/mol. The van der Waals surface area contributed by atoms with Gasteiger partial charge in [-0.05, 0) is 31.5 Å².